The predicted octanol–water partition coefficient (Wildman–Crippen LogP) is 1.85. The van der Waals surface area contributed by atoms with Crippen molar-refractivity contribution in [1.82, 2.24) is 0 Å². The second-order valence-electron chi connectivity index (χ2n) is 3.02. The predicted molar refractivity (Wildman–Crippen MR) is 60.0 cm³/mol. The van der Waals surface area contributed by atoms with Gasteiger partial charge in [-0.15, -0.1) is 0 Å². The zero-order valence-electron chi connectivity index (χ0n) is 8.79. The molecule has 0 saturated carbocycles. The normalized spacial score (nSPS) is 9.62. The molecule has 1 rings (SSSR count). The van der Waals surface area contributed by atoms with E-state index in [1.54, 1.807) is 6.92 Å². The van der Waals surface area contributed by atoms with Crippen LogP contribution >= 0.6 is 11.6 Å². The Kier molecular flexibility index (Phi) is 4.29. The van der Waals surface area contributed by atoms with E-state index in [4.69, 9.17) is 27.3 Å². The van der Waals surface area contributed by atoms with Crippen LogP contribution in [0.3, 0.4) is 0 Å². The molecule has 0 atom stereocenters. The average molecular weight is 239 g/mol. The number of nitriles is 1. The Labute approximate surface area is 98.6 Å². The fraction of sp³-hybridized carbons (Fsp3) is 0.273. The molecule has 0 radical (unpaired) electrons. The Bertz CT molecular complexity index is 452. The fourth-order valence-corrected chi connectivity index (χ4v) is 1.60. The van der Waals surface area contributed by atoms with E-state index in [0.29, 0.717) is 16.1 Å². The smallest absolute Gasteiger partial charge is 0.338 e. The second kappa shape index (κ2) is 5.50. The molecule has 84 valence electrons. The van der Waals surface area contributed by atoms with Crippen molar-refractivity contribution in [1.29, 1.82) is 5.26 Å². The number of rotatable bonds is 3. The Morgan fingerprint density at radius 1 is 1.62 bits per heavy atom. The van der Waals surface area contributed by atoms with Gasteiger partial charge in [0.1, 0.15) is 0 Å². The number of benzene rings is 1. The Morgan fingerprint density at radius 3 is 2.81 bits per heavy atom. The molecule has 0 heterocycles. The van der Waals surface area contributed by atoms with Crippen molar-refractivity contribution in [3.8, 4) is 6.07 Å². The highest BCUT2D eigenvalue weighted by Crippen LogP contribution is 2.22. The summed E-state index contributed by atoms with van der Waals surface area (Å²) in [5.74, 6) is -0.512. The highest BCUT2D eigenvalue weighted by atomic mass is 35.5. The van der Waals surface area contributed by atoms with Gasteiger partial charge in [0.25, 0.3) is 0 Å². The van der Waals surface area contributed by atoms with Gasteiger partial charge in [-0.25, -0.2) is 4.79 Å². The average Bonchev–Trinajstić information content (AvgIpc) is 2.28. The molecule has 4 nitrogen and oxygen atoms in total. The Hall–Kier alpha value is -1.57. The number of carbonyl (C=O) groups is 1. The van der Waals surface area contributed by atoms with E-state index < -0.39 is 5.97 Å². The van der Waals surface area contributed by atoms with Crippen LogP contribution in [0.2, 0.25) is 5.02 Å². The van der Waals surface area contributed by atoms with Gasteiger partial charge in [0, 0.05) is 11.6 Å². The highest BCUT2D eigenvalue weighted by Gasteiger charge is 2.15. The minimum Gasteiger partial charge on any atom is -0.462 e. The molecule has 0 unspecified atom stereocenters. The van der Waals surface area contributed by atoms with Crippen molar-refractivity contribution in [2.75, 3.05) is 6.61 Å². The Morgan fingerprint density at radius 2 is 2.31 bits per heavy atom. The quantitative estimate of drug-likeness (QED) is 0.816. The minimum atomic E-state index is -0.512. The summed E-state index contributed by atoms with van der Waals surface area (Å²) in [7, 11) is 0. The van der Waals surface area contributed by atoms with E-state index in [0.717, 1.165) is 0 Å². The fourth-order valence-electron chi connectivity index (χ4n) is 1.30. The van der Waals surface area contributed by atoms with Crippen LogP contribution in [0.1, 0.15) is 28.4 Å². The summed E-state index contributed by atoms with van der Waals surface area (Å²) in [6.07, 6.45) is 0. The maximum absolute atomic E-state index is 11.6. The van der Waals surface area contributed by atoms with Crippen molar-refractivity contribution >= 4 is 17.6 Å². The van der Waals surface area contributed by atoms with Gasteiger partial charge >= 0.3 is 5.97 Å². The number of halogens is 1. The van der Waals surface area contributed by atoms with Crippen molar-refractivity contribution < 1.29 is 9.53 Å². The number of carbonyl (C=O) groups excluding carboxylic acids is 1. The van der Waals surface area contributed by atoms with Crippen LogP contribution in [0.25, 0.3) is 0 Å². The summed E-state index contributed by atoms with van der Waals surface area (Å²) >= 11 is 5.92. The van der Waals surface area contributed by atoms with Gasteiger partial charge in [0.15, 0.2) is 0 Å². The number of hydrogen-bond acceptors (Lipinski definition) is 4. The summed E-state index contributed by atoms with van der Waals surface area (Å²) in [5, 5.41) is 9.08. The minimum absolute atomic E-state index is 0.124. The SMILES string of the molecule is CCOC(=O)c1cc(C#N)cc(Cl)c1CN. The molecular formula is C11H11ClN2O2. The molecule has 0 aliphatic carbocycles. The summed E-state index contributed by atoms with van der Waals surface area (Å²) in [6.45, 7) is 2.09. The van der Waals surface area contributed by atoms with E-state index in [9.17, 15) is 4.79 Å². The van der Waals surface area contributed by atoms with E-state index in [-0.39, 0.29) is 18.7 Å². The van der Waals surface area contributed by atoms with Gasteiger partial charge in [-0.2, -0.15) is 5.26 Å². The molecule has 0 fully saturated rings. The first-order valence-corrected chi connectivity index (χ1v) is 5.11. The van der Waals surface area contributed by atoms with Crippen LogP contribution in [-0.2, 0) is 11.3 Å². The third-order valence-corrected chi connectivity index (χ3v) is 2.36. The van der Waals surface area contributed by atoms with Crippen LogP contribution in [0, 0.1) is 11.3 Å². The first kappa shape index (κ1) is 12.5. The van der Waals surface area contributed by atoms with Gasteiger partial charge in [-0.3, -0.25) is 0 Å². The first-order chi connectivity index (χ1) is 7.63. The number of ether oxygens (including phenoxy) is 1. The van der Waals surface area contributed by atoms with E-state index >= 15 is 0 Å². The lowest BCUT2D eigenvalue weighted by Crippen LogP contribution is -2.11. The summed E-state index contributed by atoms with van der Waals surface area (Å²) in [6, 6.07) is 4.84. The van der Waals surface area contributed by atoms with Gasteiger partial charge in [-0.1, -0.05) is 11.6 Å². The lowest BCUT2D eigenvalue weighted by molar-refractivity contribution is 0.0525. The van der Waals surface area contributed by atoms with Crippen molar-refractivity contribution in [3.63, 3.8) is 0 Å². The molecule has 0 bridgehead atoms. The highest BCUT2D eigenvalue weighted by molar-refractivity contribution is 6.32. The molecular weight excluding hydrogens is 228 g/mol. The molecule has 0 aliphatic rings. The van der Waals surface area contributed by atoms with Gasteiger partial charge in [0.2, 0.25) is 0 Å². The molecule has 0 aromatic heterocycles. The maximum atomic E-state index is 11.6. The molecule has 1 aromatic carbocycles. The van der Waals surface area contributed by atoms with E-state index in [1.165, 1.54) is 12.1 Å². The molecule has 0 spiro atoms. The first-order valence-electron chi connectivity index (χ1n) is 4.73. The largest absolute Gasteiger partial charge is 0.462 e. The monoisotopic (exact) mass is 238 g/mol. The number of esters is 1. The molecule has 2 N–H and O–H groups in total. The van der Waals surface area contributed by atoms with Crippen LogP contribution in [0.5, 0.6) is 0 Å². The second-order valence-corrected chi connectivity index (χ2v) is 3.43. The molecule has 0 saturated heterocycles. The van der Waals surface area contributed by atoms with Crippen LogP contribution in [-0.4, -0.2) is 12.6 Å². The van der Waals surface area contributed by atoms with Crippen molar-refractivity contribution in [2.24, 2.45) is 5.73 Å². The summed E-state index contributed by atoms with van der Waals surface area (Å²) < 4.78 is 4.86. The zero-order chi connectivity index (χ0) is 12.1. The number of hydrogen-bond donors (Lipinski definition) is 1. The zero-order valence-corrected chi connectivity index (χ0v) is 9.54. The molecule has 0 aliphatic heterocycles. The van der Waals surface area contributed by atoms with Crippen LogP contribution in [0.15, 0.2) is 12.1 Å². The molecule has 1 aromatic rings. The Balaban J connectivity index is 3.29. The van der Waals surface area contributed by atoms with Gasteiger partial charge in [0.05, 0.1) is 23.8 Å². The van der Waals surface area contributed by atoms with Crippen molar-refractivity contribution in [3.05, 3.63) is 33.8 Å². The standard InChI is InChI=1S/C11H11ClN2O2/c1-2-16-11(15)8-3-7(5-13)4-10(12)9(8)6-14/h3-4H,2,6,14H2,1H3. The topological polar surface area (TPSA) is 76.1 Å². The van der Waals surface area contributed by atoms with Crippen molar-refractivity contribution in [2.45, 2.75) is 13.5 Å². The molecule has 0 amide bonds. The van der Waals surface area contributed by atoms with E-state index in [2.05, 4.69) is 0 Å². The van der Waals surface area contributed by atoms with Crippen LogP contribution < -0.4 is 5.73 Å². The third-order valence-electron chi connectivity index (χ3n) is 2.02. The molecule has 5 heteroatoms. The van der Waals surface area contributed by atoms with Gasteiger partial charge in [-0.05, 0) is 24.6 Å². The summed E-state index contributed by atoms with van der Waals surface area (Å²) in [4.78, 5) is 11.6. The third kappa shape index (κ3) is 2.51. The number of nitrogens with zero attached hydrogens (tertiary/aromatic N) is 1. The molecule has 16 heavy (non-hydrogen) atoms. The van der Waals surface area contributed by atoms with Gasteiger partial charge < -0.3 is 10.5 Å². The van der Waals surface area contributed by atoms with Crippen LogP contribution in [0.4, 0.5) is 0 Å². The maximum Gasteiger partial charge on any atom is 0.338 e. The van der Waals surface area contributed by atoms with E-state index in [1.807, 2.05) is 6.07 Å². The summed E-state index contributed by atoms with van der Waals surface area (Å²) in [5.41, 5.74) is 6.57. The lowest BCUT2D eigenvalue weighted by Gasteiger charge is -2.09. The lowest BCUT2D eigenvalue weighted by atomic mass is 10.0. The number of nitrogens with two attached hydrogens (primary N) is 1.